The van der Waals surface area contributed by atoms with E-state index in [1.54, 1.807) is 11.1 Å². The van der Waals surface area contributed by atoms with Gasteiger partial charge in [0, 0.05) is 37.2 Å². The number of nitrogens with two attached hydrogens (primary N) is 1. The second-order valence-electron chi connectivity index (χ2n) is 6.73. The minimum atomic E-state index is 0.0289. The zero-order valence-corrected chi connectivity index (χ0v) is 15.3. The van der Waals surface area contributed by atoms with Crippen molar-refractivity contribution in [1.82, 2.24) is 14.5 Å². The number of carbonyl (C=O) groups excluding carboxylic acids is 1. The first-order valence-electron chi connectivity index (χ1n) is 8.44. The van der Waals surface area contributed by atoms with Crippen LogP contribution in [0, 0.1) is 19.8 Å². The van der Waals surface area contributed by atoms with Gasteiger partial charge in [0.2, 0.25) is 0 Å². The molecule has 0 radical (unpaired) electrons. The van der Waals surface area contributed by atoms with E-state index >= 15 is 0 Å². The Labute approximate surface area is 144 Å². The predicted octanol–water partition coefficient (Wildman–Crippen LogP) is 2.93. The van der Waals surface area contributed by atoms with Crippen molar-refractivity contribution in [2.24, 2.45) is 11.7 Å². The lowest BCUT2D eigenvalue weighted by Crippen LogP contribution is -2.34. The summed E-state index contributed by atoms with van der Waals surface area (Å²) >= 11 is 0. The molecule has 2 aromatic rings. The summed E-state index contributed by atoms with van der Waals surface area (Å²) in [7, 11) is 1.84. The molecule has 0 spiro atoms. The molecule has 0 bridgehead atoms. The fraction of sp³-hybridized carbons (Fsp3) is 0.474. The van der Waals surface area contributed by atoms with Crippen LogP contribution in [0.15, 0.2) is 30.5 Å². The normalized spacial score (nSPS) is 12.5. The van der Waals surface area contributed by atoms with Gasteiger partial charge >= 0.3 is 0 Å². The number of amides is 1. The summed E-state index contributed by atoms with van der Waals surface area (Å²) in [5.74, 6) is 1.28. The van der Waals surface area contributed by atoms with Gasteiger partial charge in [-0.25, -0.2) is 4.98 Å². The molecule has 0 saturated heterocycles. The Balaban J connectivity index is 2.19. The van der Waals surface area contributed by atoms with E-state index in [4.69, 9.17) is 5.73 Å². The lowest BCUT2D eigenvalue weighted by molar-refractivity contribution is 0.0788. The molecule has 24 heavy (non-hydrogen) atoms. The highest BCUT2D eigenvalue weighted by Crippen LogP contribution is 2.20. The van der Waals surface area contributed by atoms with E-state index in [9.17, 15) is 4.79 Å². The van der Waals surface area contributed by atoms with Gasteiger partial charge in [-0.15, -0.1) is 0 Å². The number of nitrogens with zero attached hydrogens (tertiary/aromatic N) is 3. The van der Waals surface area contributed by atoms with E-state index in [1.807, 2.05) is 49.7 Å². The highest BCUT2D eigenvalue weighted by atomic mass is 16.2. The monoisotopic (exact) mass is 328 g/mol. The minimum Gasteiger partial charge on any atom is -0.342 e. The van der Waals surface area contributed by atoms with Gasteiger partial charge in [-0.05, 0) is 44.4 Å². The number of carbonyl (C=O) groups is 1. The maximum atomic E-state index is 12.8. The van der Waals surface area contributed by atoms with Gasteiger partial charge < -0.3 is 15.2 Å². The largest absolute Gasteiger partial charge is 0.342 e. The van der Waals surface area contributed by atoms with Crippen LogP contribution in [0.5, 0.6) is 0 Å². The zero-order valence-electron chi connectivity index (χ0n) is 15.3. The van der Waals surface area contributed by atoms with Crippen molar-refractivity contribution in [2.75, 3.05) is 13.6 Å². The molecule has 130 valence electrons. The second-order valence-corrected chi connectivity index (χ2v) is 6.73. The fourth-order valence-corrected chi connectivity index (χ4v) is 2.80. The van der Waals surface area contributed by atoms with Crippen LogP contribution >= 0.6 is 0 Å². The molecule has 0 aromatic carbocycles. The Bertz CT molecular complexity index is 691. The Kier molecular flexibility index (Phi) is 5.78. The molecule has 2 rings (SSSR count). The van der Waals surface area contributed by atoms with E-state index in [1.165, 1.54) is 0 Å². The van der Waals surface area contributed by atoms with E-state index in [2.05, 4.69) is 18.8 Å². The van der Waals surface area contributed by atoms with Gasteiger partial charge in [-0.2, -0.15) is 0 Å². The molecule has 1 unspecified atom stereocenters. The molecular weight excluding hydrogens is 300 g/mol. The van der Waals surface area contributed by atoms with Crippen LogP contribution in [0.25, 0.3) is 5.82 Å². The van der Waals surface area contributed by atoms with Crippen molar-refractivity contribution in [1.29, 1.82) is 0 Å². The number of hydrogen-bond donors (Lipinski definition) is 1. The van der Waals surface area contributed by atoms with Crippen LogP contribution in [0.3, 0.4) is 0 Å². The fourth-order valence-electron chi connectivity index (χ4n) is 2.80. The highest BCUT2D eigenvalue weighted by molar-refractivity contribution is 5.95. The summed E-state index contributed by atoms with van der Waals surface area (Å²) in [4.78, 5) is 18.9. The number of rotatable bonds is 6. The molecule has 0 saturated carbocycles. The summed E-state index contributed by atoms with van der Waals surface area (Å²) in [5.41, 5.74) is 8.72. The Morgan fingerprint density at radius 1 is 1.33 bits per heavy atom. The number of hydrogen-bond acceptors (Lipinski definition) is 3. The van der Waals surface area contributed by atoms with Crippen LogP contribution in [-0.4, -0.2) is 40.0 Å². The summed E-state index contributed by atoms with van der Waals surface area (Å²) < 4.78 is 2.01. The lowest BCUT2D eigenvalue weighted by atomic mass is 10.0. The van der Waals surface area contributed by atoms with Crippen molar-refractivity contribution < 1.29 is 4.79 Å². The van der Waals surface area contributed by atoms with E-state index in [-0.39, 0.29) is 11.9 Å². The van der Waals surface area contributed by atoms with Crippen molar-refractivity contribution >= 4 is 5.91 Å². The first-order chi connectivity index (χ1) is 11.3. The first-order valence-corrected chi connectivity index (χ1v) is 8.44. The van der Waals surface area contributed by atoms with E-state index < -0.39 is 0 Å². The van der Waals surface area contributed by atoms with Crippen LogP contribution in [-0.2, 0) is 0 Å². The molecule has 2 heterocycles. The van der Waals surface area contributed by atoms with Crippen molar-refractivity contribution in [3.8, 4) is 5.82 Å². The predicted molar refractivity (Wildman–Crippen MR) is 97.4 cm³/mol. The van der Waals surface area contributed by atoms with Crippen LogP contribution in [0.1, 0.15) is 42.0 Å². The molecule has 5 heteroatoms. The lowest BCUT2D eigenvalue weighted by Gasteiger charge is -2.21. The van der Waals surface area contributed by atoms with E-state index in [0.29, 0.717) is 12.5 Å². The summed E-state index contributed by atoms with van der Waals surface area (Å²) in [6.07, 6.45) is 2.56. The molecule has 5 nitrogen and oxygen atoms in total. The molecule has 0 aliphatic heterocycles. The van der Waals surface area contributed by atoms with Gasteiger partial charge in [-0.3, -0.25) is 4.79 Å². The highest BCUT2D eigenvalue weighted by Gasteiger charge is 2.20. The third-order valence-electron chi connectivity index (χ3n) is 4.54. The SMILES string of the molecule is Cc1cc(C(=O)N(C)CCC(N)C(C)C)c(C)n1-c1ccccn1. The smallest absolute Gasteiger partial charge is 0.255 e. The van der Waals surface area contributed by atoms with E-state index in [0.717, 1.165) is 29.2 Å². The third-order valence-corrected chi connectivity index (χ3v) is 4.54. The molecule has 2 N–H and O–H groups in total. The third kappa shape index (κ3) is 3.85. The van der Waals surface area contributed by atoms with Crippen molar-refractivity contribution in [3.63, 3.8) is 0 Å². The van der Waals surface area contributed by atoms with Crippen molar-refractivity contribution in [3.05, 3.63) is 47.4 Å². The average Bonchev–Trinajstić information content (AvgIpc) is 2.86. The summed E-state index contributed by atoms with van der Waals surface area (Å²) in [6.45, 7) is 8.82. The van der Waals surface area contributed by atoms with Crippen LogP contribution in [0.2, 0.25) is 0 Å². The quantitative estimate of drug-likeness (QED) is 0.887. The second kappa shape index (κ2) is 7.62. The Morgan fingerprint density at radius 2 is 2.04 bits per heavy atom. The molecule has 1 amide bonds. The maximum Gasteiger partial charge on any atom is 0.255 e. The van der Waals surface area contributed by atoms with Crippen LogP contribution in [0.4, 0.5) is 0 Å². The summed E-state index contributed by atoms with van der Waals surface area (Å²) in [5, 5.41) is 0. The first kappa shape index (κ1) is 18.2. The average molecular weight is 328 g/mol. The van der Waals surface area contributed by atoms with Crippen LogP contribution < -0.4 is 5.73 Å². The number of pyridine rings is 1. The number of aromatic nitrogens is 2. The molecule has 0 aliphatic rings. The topological polar surface area (TPSA) is 64.2 Å². The molecular formula is C19H28N4O. The van der Waals surface area contributed by atoms with Gasteiger partial charge in [0.25, 0.3) is 5.91 Å². The van der Waals surface area contributed by atoms with Gasteiger partial charge in [0.05, 0.1) is 5.56 Å². The molecule has 0 aliphatic carbocycles. The van der Waals surface area contributed by atoms with Crippen molar-refractivity contribution in [2.45, 2.75) is 40.2 Å². The summed E-state index contributed by atoms with van der Waals surface area (Å²) in [6, 6.07) is 7.82. The van der Waals surface area contributed by atoms with Gasteiger partial charge in [0.15, 0.2) is 0 Å². The van der Waals surface area contributed by atoms with Gasteiger partial charge in [-0.1, -0.05) is 19.9 Å². The molecule has 2 aromatic heterocycles. The zero-order chi connectivity index (χ0) is 17.9. The standard InChI is InChI=1S/C19H28N4O/c1-13(2)17(20)9-11-22(5)19(24)16-12-14(3)23(15(16)4)18-8-6-7-10-21-18/h6-8,10,12-13,17H,9,11,20H2,1-5H3. The Morgan fingerprint density at radius 3 is 2.62 bits per heavy atom. The maximum absolute atomic E-state index is 12.8. The Hall–Kier alpha value is -2.14. The minimum absolute atomic E-state index is 0.0289. The molecule has 1 atom stereocenters. The molecule has 0 fully saturated rings. The van der Waals surface area contributed by atoms with Gasteiger partial charge in [0.1, 0.15) is 5.82 Å². The number of aryl methyl sites for hydroxylation is 1.